The Morgan fingerprint density at radius 2 is 2.07 bits per heavy atom. The third kappa shape index (κ3) is 4.66. The van der Waals surface area contributed by atoms with Crippen LogP contribution in [-0.4, -0.2) is 34.0 Å². The number of ether oxygens (including phenoxy) is 1. The van der Waals surface area contributed by atoms with Gasteiger partial charge >= 0.3 is 6.09 Å². The van der Waals surface area contributed by atoms with E-state index in [-0.39, 0.29) is 11.1 Å². The number of nitrogens with one attached hydrogen (secondary N) is 2. The molecular formula is C20H22N4O4S. The lowest BCUT2D eigenvalue weighted by molar-refractivity contribution is 0.0226. The average molecular weight is 414 g/mol. The molecule has 0 spiro atoms. The molecule has 2 N–H and O–H groups in total. The molecule has 0 fully saturated rings. The van der Waals surface area contributed by atoms with Gasteiger partial charge in [0, 0.05) is 28.7 Å². The number of aromatic amines is 1. The molecule has 29 heavy (non-hydrogen) atoms. The van der Waals surface area contributed by atoms with Crippen molar-refractivity contribution < 1.29 is 14.3 Å². The van der Waals surface area contributed by atoms with Crippen LogP contribution in [0.3, 0.4) is 0 Å². The molecule has 3 rings (SSSR count). The van der Waals surface area contributed by atoms with Crippen LogP contribution in [0.5, 0.6) is 0 Å². The van der Waals surface area contributed by atoms with Crippen molar-refractivity contribution >= 4 is 28.3 Å². The maximum absolute atomic E-state index is 12.6. The third-order valence-electron chi connectivity index (χ3n) is 4.29. The largest absolute Gasteiger partial charge is 0.444 e. The van der Waals surface area contributed by atoms with Gasteiger partial charge in [0.1, 0.15) is 16.7 Å². The van der Waals surface area contributed by atoms with E-state index in [0.29, 0.717) is 35.8 Å². The van der Waals surface area contributed by atoms with Crippen molar-refractivity contribution in [3.8, 4) is 6.07 Å². The number of hydrogen-bond acceptors (Lipinski definition) is 6. The molecule has 9 heteroatoms. The monoisotopic (exact) mass is 414 g/mol. The van der Waals surface area contributed by atoms with E-state index < -0.39 is 17.6 Å². The number of fused-ring (bicyclic) bond motifs is 1. The Balaban J connectivity index is 1.83. The number of pyridine rings is 1. The lowest BCUT2D eigenvalue weighted by Gasteiger charge is -2.29. The summed E-state index contributed by atoms with van der Waals surface area (Å²) in [6.45, 7) is 7.88. The number of aryl methyl sites for hydroxylation is 1. The second-order valence-corrected chi connectivity index (χ2v) is 8.95. The number of rotatable bonds is 2. The summed E-state index contributed by atoms with van der Waals surface area (Å²) in [6.07, 6.45) is 0.105. The van der Waals surface area contributed by atoms with Crippen LogP contribution in [0, 0.1) is 18.3 Å². The van der Waals surface area contributed by atoms with E-state index in [2.05, 4.69) is 16.4 Å². The Bertz CT molecular complexity index is 1070. The van der Waals surface area contributed by atoms with Gasteiger partial charge in [-0.2, -0.15) is 5.26 Å². The Hall–Kier alpha value is -3.12. The minimum absolute atomic E-state index is 0.219. The van der Waals surface area contributed by atoms with Gasteiger partial charge in [-0.15, -0.1) is 11.3 Å². The van der Waals surface area contributed by atoms with E-state index in [4.69, 9.17) is 4.74 Å². The van der Waals surface area contributed by atoms with Crippen LogP contribution in [0.15, 0.2) is 16.9 Å². The van der Waals surface area contributed by atoms with Gasteiger partial charge < -0.3 is 19.9 Å². The molecule has 0 radical (unpaired) electrons. The quantitative estimate of drug-likeness (QED) is 0.783. The predicted molar refractivity (Wildman–Crippen MR) is 109 cm³/mol. The van der Waals surface area contributed by atoms with Gasteiger partial charge in [0.05, 0.1) is 12.1 Å². The summed E-state index contributed by atoms with van der Waals surface area (Å²) >= 11 is 1.27. The lowest BCUT2D eigenvalue weighted by Crippen LogP contribution is -2.39. The maximum atomic E-state index is 12.6. The van der Waals surface area contributed by atoms with Crippen molar-refractivity contribution in [1.82, 2.24) is 9.88 Å². The highest BCUT2D eigenvalue weighted by molar-refractivity contribution is 7.16. The number of nitrogens with zero attached hydrogens (tertiary/aromatic N) is 2. The van der Waals surface area contributed by atoms with Gasteiger partial charge in [-0.1, -0.05) is 0 Å². The second-order valence-electron chi connectivity index (χ2n) is 7.84. The standard InChI is InChI=1S/C20H22N4O4S/c1-11-7-12(8-16(25)22-11)17(26)23-18-14(9-21)13-5-6-24(10-15(13)29-18)19(27)28-20(2,3)4/h7-8H,5-6,10H2,1-4H3,(H,22,25)(H,23,26). The van der Waals surface area contributed by atoms with Crippen molar-refractivity contribution in [2.24, 2.45) is 0 Å². The van der Waals surface area contributed by atoms with E-state index >= 15 is 0 Å². The summed E-state index contributed by atoms with van der Waals surface area (Å²) in [6, 6.07) is 4.94. The van der Waals surface area contributed by atoms with Crippen molar-refractivity contribution in [2.75, 3.05) is 11.9 Å². The maximum Gasteiger partial charge on any atom is 0.410 e. The first-order valence-corrected chi connectivity index (χ1v) is 9.94. The summed E-state index contributed by atoms with van der Waals surface area (Å²) in [7, 11) is 0. The molecule has 1 aliphatic rings. The molecule has 0 aromatic carbocycles. The van der Waals surface area contributed by atoms with Gasteiger partial charge in [-0.05, 0) is 45.7 Å². The van der Waals surface area contributed by atoms with Crippen LogP contribution in [0.2, 0.25) is 0 Å². The van der Waals surface area contributed by atoms with Crippen LogP contribution >= 0.6 is 11.3 Å². The highest BCUT2D eigenvalue weighted by atomic mass is 32.1. The van der Waals surface area contributed by atoms with E-state index in [1.165, 1.54) is 17.4 Å². The third-order valence-corrected chi connectivity index (χ3v) is 5.42. The van der Waals surface area contributed by atoms with Crippen LogP contribution < -0.4 is 10.9 Å². The molecule has 0 aliphatic carbocycles. The first kappa shape index (κ1) is 20.6. The van der Waals surface area contributed by atoms with Crippen LogP contribution in [-0.2, 0) is 17.7 Å². The zero-order chi connectivity index (χ0) is 21.3. The summed E-state index contributed by atoms with van der Waals surface area (Å²) < 4.78 is 5.42. The number of H-pyrrole nitrogens is 1. The number of anilines is 1. The molecule has 0 saturated heterocycles. The number of aromatic nitrogens is 1. The highest BCUT2D eigenvalue weighted by Gasteiger charge is 2.30. The van der Waals surface area contributed by atoms with Gasteiger partial charge in [0.15, 0.2) is 0 Å². The molecule has 0 saturated carbocycles. The Morgan fingerprint density at radius 1 is 1.34 bits per heavy atom. The summed E-state index contributed by atoms with van der Waals surface area (Å²) in [5.74, 6) is -0.460. The van der Waals surface area contributed by atoms with Gasteiger partial charge in [-0.3, -0.25) is 9.59 Å². The van der Waals surface area contributed by atoms with Crippen LogP contribution in [0.1, 0.15) is 52.8 Å². The zero-order valence-corrected chi connectivity index (χ0v) is 17.5. The number of carbonyl (C=O) groups is 2. The fraction of sp³-hybridized carbons (Fsp3) is 0.400. The van der Waals surface area contributed by atoms with Gasteiger partial charge in [-0.25, -0.2) is 4.79 Å². The summed E-state index contributed by atoms with van der Waals surface area (Å²) in [5, 5.41) is 12.8. The molecule has 0 unspecified atom stereocenters. The summed E-state index contributed by atoms with van der Waals surface area (Å²) in [4.78, 5) is 41.6. The molecule has 152 valence electrons. The fourth-order valence-electron chi connectivity index (χ4n) is 3.08. The molecule has 0 atom stereocenters. The second kappa shape index (κ2) is 7.72. The number of carbonyl (C=O) groups excluding carboxylic acids is 2. The molecule has 3 heterocycles. The van der Waals surface area contributed by atoms with E-state index in [1.54, 1.807) is 17.9 Å². The molecule has 1 aliphatic heterocycles. The molecule has 8 nitrogen and oxygen atoms in total. The average Bonchev–Trinajstić information content (AvgIpc) is 2.95. The van der Waals surface area contributed by atoms with Crippen molar-refractivity contribution in [1.29, 1.82) is 5.26 Å². The van der Waals surface area contributed by atoms with E-state index in [9.17, 15) is 19.6 Å². The van der Waals surface area contributed by atoms with Gasteiger partial charge in [0.2, 0.25) is 5.56 Å². The Morgan fingerprint density at radius 3 is 2.69 bits per heavy atom. The number of hydrogen-bond donors (Lipinski definition) is 2. The summed E-state index contributed by atoms with van der Waals surface area (Å²) in [5.41, 5.74) is 1.08. The molecule has 0 bridgehead atoms. The lowest BCUT2D eigenvalue weighted by atomic mass is 10.0. The molecule has 2 aromatic rings. The first-order valence-electron chi connectivity index (χ1n) is 9.12. The topological polar surface area (TPSA) is 115 Å². The SMILES string of the molecule is Cc1cc(C(=O)Nc2sc3c(c2C#N)CCN(C(=O)OC(C)(C)C)C3)cc(=O)[nH]1. The zero-order valence-electron chi connectivity index (χ0n) is 16.7. The fourth-order valence-corrected chi connectivity index (χ4v) is 4.29. The minimum Gasteiger partial charge on any atom is -0.444 e. The van der Waals surface area contributed by atoms with Crippen molar-refractivity contribution in [3.05, 3.63) is 49.7 Å². The van der Waals surface area contributed by atoms with Crippen LogP contribution in [0.4, 0.5) is 9.80 Å². The first-order chi connectivity index (χ1) is 13.6. The molecule has 2 amide bonds. The number of thiophene rings is 1. The van der Waals surface area contributed by atoms with Crippen molar-refractivity contribution in [3.63, 3.8) is 0 Å². The minimum atomic E-state index is -0.588. The molecular weight excluding hydrogens is 392 g/mol. The van der Waals surface area contributed by atoms with E-state index in [1.807, 2.05) is 20.8 Å². The number of amides is 2. The Kier molecular flexibility index (Phi) is 5.48. The smallest absolute Gasteiger partial charge is 0.410 e. The highest BCUT2D eigenvalue weighted by Crippen LogP contribution is 2.37. The van der Waals surface area contributed by atoms with Gasteiger partial charge in [0.25, 0.3) is 5.91 Å². The Labute approximate surface area is 172 Å². The predicted octanol–water partition coefficient (Wildman–Crippen LogP) is 3.16. The van der Waals surface area contributed by atoms with E-state index in [0.717, 1.165) is 10.4 Å². The normalized spacial score (nSPS) is 13.4. The van der Waals surface area contributed by atoms with Crippen LogP contribution in [0.25, 0.3) is 0 Å². The molecule has 2 aromatic heterocycles. The van der Waals surface area contributed by atoms with Crippen molar-refractivity contribution in [2.45, 2.75) is 46.3 Å². The number of nitriles is 1.